The Morgan fingerprint density at radius 1 is 0.356 bits per heavy atom. The molecule has 0 amide bonds. The highest BCUT2D eigenvalue weighted by atomic mass is 14.8. The van der Waals surface area contributed by atoms with Crippen molar-refractivity contribution in [2.45, 2.75) is 189 Å². The molecule has 0 unspecified atom stereocenters. The summed E-state index contributed by atoms with van der Waals surface area (Å²) >= 11 is 0. The number of unbranched alkanes of at least 4 members (excludes halogenated alkanes) is 11. The summed E-state index contributed by atoms with van der Waals surface area (Å²) in [5.74, 6) is 0. The van der Waals surface area contributed by atoms with Crippen LogP contribution in [0.15, 0.2) is 46.4 Å². The van der Waals surface area contributed by atoms with E-state index in [1.165, 1.54) is 136 Å². The predicted molar refractivity (Wildman–Crippen MR) is 204 cm³/mol. The van der Waals surface area contributed by atoms with E-state index in [9.17, 15) is 0 Å². The highest BCUT2D eigenvalue weighted by Crippen LogP contribution is 2.26. The Morgan fingerprint density at radius 3 is 0.956 bits per heavy atom. The fourth-order valence-corrected chi connectivity index (χ4v) is 6.24. The number of aryl methyl sites for hydroxylation is 4. The zero-order valence-corrected chi connectivity index (χ0v) is 30.6. The maximum atomic E-state index is 5.51. The quantitative estimate of drug-likeness (QED) is 0.0744. The molecule has 0 atom stereocenters. The van der Waals surface area contributed by atoms with Crippen molar-refractivity contribution >= 4 is 22.8 Å². The van der Waals surface area contributed by atoms with Crippen molar-refractivity contribution in [3.8, 4) is 0 Å². The second-order valence-electron chi connectivity index (χ2n) is 13.5. The van der Waals surface area contributed by atoms with Crippen LogP contribution in [0.4, 0.5) is 11.4 Å². The topological polar surface area (TPSA) is 24.7 Å². The third kappa shape index (κ3) is 16.8. The summed E-state index contributed by atoms with van der Waals surface area (Å²) in [6, 6.07) is 14.5. The van der Waals surface area contributed by atoms with Crippen LogP contribution in [0, 0.1) is 0 Å². The van der Waals surface area contributed by atoms with Gasteiger partial charge < -0.3 is 0 Å². The number of rotatable bonds is 26. The van der Waals surface area contributed by atoms with Crippen molar-refractivity contribution in [1.82, 2.24) is 0 Å². The van der Waals surface area contributed by atoms with Crippen LogP contribution in [-0.4, -0.2) is 11.4 Å². The van der Waals surface area contributed by atoms with Crippen LogP contribution in [0.1, 0.15) is 186 Å². The molecule has 2 heteroatoms. The third-order valence-corrected chi connectivity index (χ3v) is 9.00. The lowest BCUT2D eigenvalue weighted by Gasteiger charge is -2.14. The van der Waals surface area contributed by atoms with Crippen LogP contribution in [-0.2, 0) is 25.7 Å². The van der Waals surface area contributed by atoms with Crippen molar-refractivity contribution in [2.24, 2.45) is 9.98 Å². The molecule has 0 spiro atoms. The maximum Gasteiger partial charge on any atom is 0.0639 e. The van der Waals surface area contributed by atoms with Gasteiger partial charge >= 0.3 is 0 Å². The minimum Gasteiger partial charge on any atom is -0.252 e. The summed E-state index contributed by atoms with van der Waals surface area (Å²) in [7, 11) is 0. The molecule has 0 radical (unpaired) electrons. The highest BCUT2D eigenvalue weighted by Gasteiger charge is 2.13. The van der Waals surface area contributed by atoms with Gasteiger partial charge in [-0.1, -0.05) is 124 Å². The van der Waals surface area contributed by atoms with E-state index in [2.05, 4.69) is 77.9 Å². The smallest absolute Gasteiger partial charge is 0.0639 e. The Hall–Kier alpha value is -2.22. The van der Waals surface area contributed by atoms with Crippen molar-refractivity contribution in [1.29, 1.82) is 0 Å². The van der Waals surface area contributed by atoms with E-state index >= 15 is 0 Å². The number of nitrogens with zero attached hydrogens (tertiary/aromatic N) is 2. The monoisotopic (exact) mass is 615 g/mol. The summed E-state index contributed by atoms with van der Waals surface area (Å²) in [6.45, 7) is 13.8. The van der Waals surface area contributed by atoms with E-state index in [1.807, 2.05) is 0 Å². The van der Waals surface area contributed by atoms with E-state index in [4.69, 9.17) is 9.98 Å². The van der Waals surface area contributed by atoms with Gasteiger partial charge in [0.15, 0.2) is 0 Å². The minimum absolute atomic E-state index is 1.01. The van der Waals surface area contributed by atoms with E-state index in [0.717, 1.165) is 56.3 Å². The molecule has 0 bridgehead atoms. The van der Waals surface area contributed by atoms with Gasteiger partial charge in [0.05, 0.1) is 22.8 Å². The maximum absolute atomic E-state index is 5.51. The lowest BCUT2D eigenvalue weighted by molar-refractivity contribution is 0.708. The van der Waals surface area contributed by atoms with Gasteiger partial charge in [-0.2, -0.15) is 0 Å². The molecule has 2 rings (SSSR count). The van der Waals surface area contributed by atoms with Crippen LogP contribution in [0.25, 0.3) is 0 Å². The first kappa shape index (κ1) is 39.0. The molecule has 45 heavy (non-hydrogen) atoms. The fourth-order valence-electron chi connectivity index (χ4n) is 6.24. The number of benzene rings is 2. The molecule has 0 N–H and O–H groups in total. The van der Waals surface area contributed by atoms with Gasteiger partial charge in [-0.15, -0.1) is 0 Å². The van der Waals surface area contributed by atoms with E-state index in [0.29, 0.717) is 0 Å². The summed E-state index contributed by atoms with van der Waals surface area (Å²) in [6.07, 6.45) is 27.9. The Kier molecular flexibility index (Phi) is 21.6. The first-order valence-electron chi connectivity index (χ1n) is 19.5. The Bertz CT molecular complexity index is 1050. The molecular formula is C43H70N2. The van der Waals surface area contributed by atoms with E-state index < -0.39 is 0 Å². The molecular weight excluding hydrogens is 544 g/mol. The van der Waals surface area contributed by atoms with Crippen molar-refractivity contribution in [2.75, 3.05) is 0 Å². The lowest BCUT2D eigenvalue weighted by atomic mass is 9.98. The van der Waals surface area contributed by atoms with Gasteiger partial charge in [0.1, 0.15) is 0 Å². The lowest BCUT2D eigenvalue weighted by Crippen LogP contribution is -2.14. The molecule has 0 aliphatic heterocycles. The summed E-state index contributed by atoms with van der Waals surface area (Å²) in [4.78, 5) is 11.0. The van der Waals surface area contributed by atoms with Gasteiger partial charge in [-0.25, -0.2) is 0 Å². The normalized spacial score (nSPS) is 12.3. The molecule has 2 aromatic carbocycles. The largest absolute Gasteiger partial charge is 0.252 e. The first-order chi connectivity index (χ1) is 22.1. The van der Waals surface area contributed by atoms with Gasteiger partial charge in [-0.3, -0.25) is 9.98 Å². The molecule has 0 aliphatic carbocycles. The number of hydrogen-bond acceptors (Lipinski definition) is 2. The van der Waals surface area contributed by atoms with Crippen molar-refractivity contribution in [3.63, 3.8) is 0 Å². The number of aliphatic imine (C=N–C) groups is 2. The molecule has 0 heterocycles. The van der Waals surface area contributed by atoms with E-state index in [1.54, 1.807) is 0 Å². The van der Waals surface area contributed by atoms with Crippen molar-refractivity contribution in [3.05, 3.63) is 58.7 Å². The van der Waals surface area contributed by atoms with Crippen LogP contribution in [0.2, 0.25) is 0 Å². The highest BCUT2D eigenvalue weighted by molar-refractivity contribution is 6.43. The van der Waals surface area contributed by atoms with Gasteiger partial charge in [0.2, 0.25) is 0 Å². The number of hydrogen-bond donors (Lipinski definition) is 0. The van der Waals surface area contributed by atoms with Crippen LogP contribution >= 0.6 is 0 Å². The first-order valence-corrected chi connectivity index (χ1v) is 19.5. The summed E-state index contributed by atoms with van der Waals surface area (Å²) in [5.41, 5.74) is 10.6. The minimum atomic E-state index is 1.01. The standard InChI is InChI=1S/C43H70N2/c1-7-13-19-24-36-30-37(25-20-14-8-2)33-40(32-36)44-42(28-18-12-6)43(29-23-17-11-5)45-41-34-38(26-21-15-9-3)31-39(35-41)27-22-16-10-4/h30-35H,7-29H2,1-6H3. The average Bonchev–Trinajstić information content (AvgIpc) is 3.03. The Labute approximate surface area is 280 Å². The molecule has 0 fully saturated rings. The molecule has 252 valence electrons. The van der Waals surface area contributed by atoms with Crippen LogP contribution in [0.3, 0.4) is 0 Å². The molecule has 2 nitrogen and oxygen atoms in total. The van der Waals surface area contributed by atoms with Gasteiger partial charge in [-0.05, 0) is 124 Å². The zero-order valence-electron chi connectivity index (χ0n) is 30.6. The predicted octanol–water partition coefficient (Wildman–Crippen LogP) is 14.2. The van der Waals surface area contributed by atoms with Crippen molar-refractivity contribution < 1.29 is 0 Å². The van der Waals surface area contributed by atoms with E-state index in [-0.39, 0.29) is 0 Å². The molecule has 0 aliphatic rings. The van der Waals surface area contributed by atoms with Gasteiger partial charge in [0.25, 0.3) is 0 Å². The molecule has 0 aromatic heterocycles. The molecule has 0 saturated carbocycles. The SMILES string of the molecule is CCCCCC(=Nc1cc(CCCCC)cc(CCCCC)c1)C(CCCC)=Nc1cc(CCCCC)cc(CCCCC)c1. The Morgan fingerprint density at radius 2 is 0.644 bits per heavy atom. The van der Waals surface area contributed by atoms with Crippen LogP contribution in [0.5, 0.6) is 0 Å². The summed E-state index contributed by atoms with van der Waals surface area (Å²) < 4.78 is 0. The average molecular weight is 615 g/mol. The molecule has 2 aromatic rings. The fraction of sp³-hybridized carbons (Fsp3) is 0.674. The van der Waals surface area contributed by atoms with Crippen LogP contribution < -0.4 is 0 Å². The third-order valence-electron chi connectivity index (χ3n) is 9.00. The van der Waals surface area contributed by atoms with Gasteiger partial charge in [0, 0.05) is 0 Å². The zero-order chi connectivity index (χ0) is 32.5. The molecule has 0 saturated heterocycles. The Balaban J connectivity index is 2.59. The second-order valence-corrected chi connectivity index (χ2v) is 13.5. The second kappa shape index (κ2) is 24.9. The summed E-state index contributed by atoms with van der Waals surface area (Å²) in [5, 5.41) is 0.